The zero-order valence-corrected chi connectivity index (χ0v) is 18.4. The number of rotatable bonds is 4. The molecule has 5 heteroatoms. The SMILES string of the molecule is Cc1ccc(CC(=O)Nc2cc(Br)cc3c2OCC(O)CC3c2ccccc2)cc1. The second-order valence-corrected chi connectivity index (χ2v) is 8.66. The molecule has 1 amide bonds. The quantitative estimate of drug-likeness (QED) is 0.555. The molecule has 1 heterocycles. The fourth-order valence-corrected chi connectivity index (χ4v) is 4.34. The molecule has 2 N–H and O–H groups in total. The van der Waals surface area contributed by atoms with Crippen LogP contribution in [0.25, 0.3) is 0 Å². The van der Waals surface area contributed by atoms with E-state index in [1.54, 1.807) is 0 Å². The molecule has 1 aliphatic heterocycles. The number of carbonyl (C=O) groups is 1. The molecule has 3 aromatic rings. The number of anilines is 1. The minimum Gasteiger partial charge on any atom is -0.488 e. The average molecular weight is 466 g/mol. The predicted octanol–water partition coefficient (Wildman–Crippen LogP) is 5.21. The van der Waals surface area contributed by atoms with E-state index in [4.69, 9.17) is 4.74 Å². The average Bonchev–Trinajstić information content (AvgIpc) is 2.89. The van der Waals surface area contributed by atoms with Crippen molar-refractivity contribution in [2.45, 2.75) is 31.8 Å². The highest BCUT2D eigenvalue weighted by Crippen LogP contribution is 2.43. The Balaban J connectivity index is 1.66. The lowest BCUT2D eigenvalue weighted by Crippen LogP contribution is -2.18. The number of fused-ring (bicyclic) bond motifs is 1. The molecule has 0 fully saturated rings. The van der Waals surface area contributed by atoms with Crippen LogP contribution in [-0.4, -0.2) is 23.7 Å². The maximum atomic E-state index is 12.7. The second kappa shape index (κ2) is 9.02. The summed E-state index contributed by atoms with van der Waals surface area (Å²) < 4.78 is 6.83. The van der Waals surface area contributed by atoms with Crippen LogP contribution in [0.4, 0.5) is 5.69 Å². The van der Waals surface area contributed by atoms with Crippen LogP contribution in [0, 0.1) is 6.92 Å². The van der Waals surface area contributed by atoms with Gasteiger partial charge in [0.15, 0.2) is 0 Å². The number of aliphatic hydroxyl groups excluding tert-OH is 1. The van der Waals surface area contributed by atoms with E-state index in [0.717, 1.165) is 26.7 Å². The lowest BCUT2D eigenvalue weighted by atomic mass is 9.86. The Hall–Kier alpha value is -2.63. The summed E-state index contributed by atoms with van der Waals surface area (Å²) in [4.78, 5) is 12.7. The number of amides is 1. The van der Waals surface area contributed by atoms with Crippen molar-refractivity contribution in [3.05, 3.63) is 93.5 Å². The number of hydrogen-bond donors (Lipinski definition) is 2. The Bertz CT molecular complexity index is 1030. The van der Waals surface area contributed by atoms with Crippen LogP contribution in [0.3, 0.4) is 0 Å². The van der Waals surface area contributed by atoms with Gasteiger partial charge in [0.1, 0.15) is 12.4 Å². The number of nitrogens with one attached hydrogen (secondary N) is 1. The van der Waals surface area contributed by atoms with Crippen LogP contribution in [0.5, 0.6) is 5.75 Å². The highest BCUT2D eigenvalue weighted by molar-refractivity contribution is 9.10. The summed E-state index contributed by atoms with van der Waals surface area (Å²) in [5.74, 6) is 0.494. The van der Waals surface area contributed by atoms with Gasteiger partial charge in [-0.2, -0.15) is 0 Å². The molecule has 30 heavy (non-hydrogen) atoms. The van der Waals surface area contributed by atoms with Crippen molar-refractivity contribution >= 4 is 27.5 Å². The molecule has 0 bridgehead atoms. The lowest BCUT2D eigenvalue weighted by molar-refractivity contribution is -0.115. The lowest BCUT2D eigenvalue weighted by Gasteiger charge is -2.20. The molecule has 4 nitrogen and oxygen atoms in total. The van der Waals surface area contributed by atoms with Gasteiger partial charge in [0, 0.05) is 16.0 Å². The van der Waals surface area contributed by atoms with Crippen molar-refractivity contribution in [1.29, 1.82) is 0 Å². The highest BCUT2D eigenvalue weighted by Gasteiger charge is 2.28. The summed E-state index contributed by atoms with van der Waals surface area (Å²) >= 11 is 3.58. The van der Waals surface area contributed by atoms with Gasteiger partial charge in [-0.15, -0.1) is 0 Å². The summed E-state index contributed by atoms with van der Waals surface area (Å²) in [6, 6.07) is 21.9. The van der Waals surface area contributed by atoms with E-state index in [9.17, 15) is 9.90 Å². The van der Waals surface area contributed by atoms with E-state index in [-0.39, 0.29) is 24.9 Å². The Morgan fingerprint density at radius 1 is 1.13 bits per heavy atom. The van der Waals surface area contributed by atoms with E-state index in [0.29, 0.717) is 17.9 Å². The smallest absolute Gasteiger partial charge is 0.228 e. The summed E-state index contributed by atoms with van der Waals surface area (Å²) in [5.41, 5.74) is 4.80. The molecular formula is C25H24BrNO3. The topological polar surface area (TPSA) is 58.6 Å². The van der Waals surface area contributed by atoms with Crippen LogP contribution in [-0.2, 0) is 11.2 Å². The zero-order chi connectivity index (χ0) is 21.1. The third-order valence-electron chi connectivity index (χ3n) is 5.35. The standard InChI is InChI=1S/C25H24BrNO3/c1-16-7-9-17(10-8-16)11-24(29)27-23-13-19(26)12-22-21(18-5-3-2-4-6-18)14-20(28)15-30-25(22)23/h2-10,12-13,20-21,28H,11,14-15H2,1H3,(H,27,29). The second-order valence-electron chi connectivity index (χ2n) is 7.75. The van der Waals surface area contributed by atoms with Crippen molar-refractivity contribution in [2.75, 3.05) is 11.9 Å². The number of benzene rings is 3. The highest BCUT2D eigenvalue weighted by atomic mass is 79.9. The monoisotopic (exact) mass is 465 g/mol. The molecule has 0 radical (unpaired) electrons. The molecule has 0 saturated heterocycles. The van der Waals surface area contributed by atoms with E-state index in [1.165, 1.54) is 0 Å². The van der Waals surface area contributed by atoms with E-state index < -0.39 is 6.10 Å². The van der Waals surface area contributed by atoms with Gasteiger partial charge in [0.25, 0.3) is 0 Å². The Labute approximate surface area is 185 Å². The Morgan fingerprint density at radius 2 is 1.87 bits per heavy atom. The number of hydrogen-bond acceptors (Lipinski definition) is 3. The molecule has 0 aromatic heterocycles. The first-order valence-corrected chi connectivity index (χ1v) is 10.8. The Morgan fingerprint density at radius 3 is 2.60 bits per heavy atom. The molecule has 0 saturated carbocycles. The third-order valence-corrected chi connectivity index (χ3v) is 5.80. The molecule has 154 valence electrons. The van der Waals surface area contributed by atoms with Gasteiger partial charge in [-0.25, -0.2) is 0 Å². The van der Waals surface area contributed by atoms with Crippen LogP contribution >= 0.6 is 15.9 Å². The van der Waals surface area contributed by atoms with Gasteiger partial charge < -0.3 is 15.2 Å². The number of halogens is 1. The van der Waals surface area contributed by atoms with Crippen LogP contribution in [0.15, 0.2) is 71.2 Å². The number of carbonyl (C=O) groups excluding carboxylic acids is 1. The fourth-order valence-electron chi connectivity index (χ4n) is 3.86. The normalized spacial score (nSPS) is 18.1. The van der Waals surface area contributed by atoms with Gasteiger partial charge in [-0.05, 0) is 36.6 Å². The molecule has 2 unspecified atom stereocenters. The Kier molecular flexibility index (Phi) is 6.21. The molecule has 3 aromatic carbocycles. The first-order valence-electron chi connectivity index (χ1n) is 10.0. The first-order chi connectivity index (χ1) is 14.5. The van der Waals surface area contributed by atoms with Crippen LogP contribution in [0.2, 0.25) is 0 Å². The third kappa shape index (κ3) is 4.74. The number of ether oxygens (including phenoxy) is 1. The molecule has 1 aliphatic rings. The predicted molar refractivity (Wildman–Crippen MR) is 122 cm³/mol. The van der Waals surface area contributed by atoms with Crippen molar-refractivity contribution in [2.24, 2.45) is 0 Å². The summed E-state index contributed by atoms with van der Waals surface area (Å²) in [6.45, 7) is 2.22. The fraction of sp³-hybridized carbons (Fsp3) is 0.240. The van der Waals surface area contributed by atoms with Gasteiger partial charge in [-0.3, -0.25) is 4.79 Å². The summed E-state index contributed by atoms with van der Waals surface area (Å²) in [5, 5.41) is 13.4. The number of aryl methyl sites for hydroxylation is 1. The maximum Gasteiger partial charge on any atom is 0.228 e. The largest absolute Gasteiger partial charge is 0.488 e. The molecule has 0 aliphatic carbocycles. The van der Waals surface area contributed by atoms with Gasteiger partial charge >= 0.3 is 0 Å². The zero-order valence-electron chi connectivity index (χ0n) is 16.8. The minimum atomic E-state index is -0.586. The summed E-state index contributed by atoms with van der Waals surface area (Å²) in [7, 11) is 0. The van der Waals surface area contributed by atoms with E-state index >= 15 is 0 Å². The van der Waals surface area contributed by atoms with Crippen molar-refractivity contribution in [3.63, 3.8) is 0 Å². The van der Waals surface area contributed by atoms with Crippen LogP contribution < -0.4 is 10.1 Å². The van der Waals surface area contributed by atoms with Gasteiger partial charge in [0.2, 0.25) is 5.91 Å². The molecular weight excluding hydrogens is 442 g/mol. The van der Waals surface area contributed by atoms with Crippen molar-refractivity contribution in [1.82, 2.24) is 0 Å². The summed E-state index contributed by atoms with van der Waals surface area (Å²) in [6.07, 6.45) is 0.258. The van der Waals surface area contributed by atoms with Crippen molar-refractivity contribution in [3.8, 4) is 5.75 Å². The van der Waals surface area contributed by atoms with Crippen LogP contribution in [0.1, 0.15) is 34.6 Å². The van der Waals surface area contributed by atoms with Crippen molar-refractivity contribution < 1.29 is 14.6 Å². The number of aliphatic hydroxyl groups is 1. The van der Waals surface area contributed by atoms with Gasteiger partial charge in [0.05, 0.1) is 18.2 Å². The minimum absolute atomic E-state index is 0.0241. The molecule has 4 rings (SSSR count). The first kappa shape index (κ1) is 20.6. The van der Waals surface area contributed by atoms with E-state index in [2.05, 4.69) is 33.4 Å². The molecule has 2 atom stereocenters. The molecule has 0 spiro atoms. The van der Waals surface area contributed by atoms with Gasteiger partial charge in [-0.1, -0.05) is 76.1 Å². The van der Waals surface area contributed by atoms with E-state index in [1.807, 2.05) is 61.5 Å². The maximum absolute atomic E-state index is 12.7.